The van der Waals surface area contributed by atoms with Gasteiger partial charge >= 0.3 is 6.03 Å². The molecule has 0 aliphatic carbocycles. The highest BCUT2D eigenvalue weighted by atomic mass is 16.2. The molecular formula is C28H33N3O. The van der Waals surface area contributed by atoms with Gasteiger partial charge in [0.05, 0.1) is 11.4 Å². The fourth-order valence-corrected chi connectivity index (χ4v) is 5.01. The van der Waals surface area contributed by atoms with Gasteiger partial charge in [0, 0.05) is 19.6 Å². The summed E-state index contributed by atoms with van der Waals surface area (Å²) in [5.41, 5.74) is 4.43. The number of benzene rings is 3. The Bertz CT molecular complexity index is 1080. The second kappa shape index (κ2) is 9.33. The lowest BCUT2D eigenvalue weighted by Crippen LogP contribution is -2.43. The van der Waals surface area contributed by atoms with E-state index >= 15 is 0 Å². The van der Waals surface area contributed by atoms with Crippen LogP contribution in [0, 0.1) is 6.92 Å². The maximum absolute atomic E-state index is 13.6. The van der Waals surface area contributed by atoms with Crippen LogP contribution in [0.1, 0.15) is 43.2 Å². The number of piperidine rings is 1. The molecule has 0 bridgehead atoms. The van der Waals surface area contributed by atoms with Crippen LogP contribution in [-0.4, -0.2) is 42.0 Å². The summed E-state index contributed by atoms with van der Waals surface area (Å²) < 4.78 is 0. The maximum Gasteiger partial charge on any atom is 0.329 e. The second-order valence-corrected chi connectivity index (χ2v) is 9.35. The largest absolute Gasteiger partial charge is 0.329 e. The SMILES string of the molecule is Cc1ccc(N(C(=O)N2CCCCC2)c2ccc3cc(CN4CCCC4)ccc3c2)cc1. The Kier molecular flexibility index (Phi) is 6.13. The van der Waals surface area contributed by atoms with Gasteiger partial charge in [-0.2, -0.15) is 0 Å². The third kappa shape index (κ3) is 4.51. The maximum atomic E-state index is 13.6. The number of carbonyl (C=O) groups is 1. The van der Waals surface area contributed by atoms with E-state index in [1.54, 1.807) is 0 Å². The number of rotatable bonds is 4. The van der Waals surface area contributed by atoms with E-state index in [0.717, 1.165) is 43.9 Å². The third-order valence-electron chi connectivity index (χ3n) is 6.86. The lowest BCUT2D eigenvalue weighted by molar-refractivity contribution is 0.195. The summed E-state index contributed by atoms with van der Waals surface area (Å²) in [7, 11) is 0. The normalized spacial score (nSPS) is 17.1. The quantitative estimate of drug-likeness (QED) is 0.476. The first-order chi connectivity index (χ1) is 15.7. The van der Waals surface area contributed by atoms with Crippen LogP contribution in [0.5, 0.6) is 0 Å². The average molecular weight is 428 g/mol. The highest BCUT2D eigenvalue weighted by molar-refractivity contribution is 6.01. The van der Waals surface area contributed by atoms with Crippen molar-refractivity contribution in [1.29, 1.82) is 0 Å². The average Bonchev–Trinajstić information content (AvgIpc) is 3.34. The minimum atomic E-state index is 0.0820. The number of hydrogen-bond donors (Lipinski definition) is 0. The molecule has 2 heterocycles. The highest BCUT2D eigenvalue weighted by Gasteiger charge is 2.25. The number of amides is 2. The lowest BCUT2D eigenvalue weighted by Gasteiger charge is -2.33. The zero-order chi connectivity index (χ0) is 21.9. The van der Waals surface area contributed by atoms with Crippen LogP contribution in [0.4, 0.5) is 16.2 Å². The van der Waals surface area contributed by atoms with Crippen molar-refractivity contribution in [1.82, 2.24) is 9.80 Å². The molecule has 3 aromatic rings. The van der Waals surface area contributed by atoms with E-state index in [4.69, 9.17) is 0 Å². The minimum Gasteiger partial charge on any atom is -0.324 e. The molecule has 2 fully saturated rings. The van der Waals surface area contributed by atoms with E-state index < -0.39 is 0 Å². The van der Waals surface area contributed by atoms with Crippen molar-refractivity contribution in [2.45, 2.75) is 45.6 Å². The van der Waals surface area contributed by atoms with Crippen molar-refractivity contribution in [3.63, 3.8) is 0 Å². The molecule has 4 heteroatoms. The van der Waals surface area contributed by atoms with Gasteiger partial charge in [0.1, 0.15) is 0 Å². The molecule has 4 nitrogen and oxygen atoms in total. The molecular weight excluding hydrogens is 394 g/mol. The molecule has 0 spiro atoms. The summed E-state index contributed by atoms with van der Waals surface area (Å²) in [6.45, 7) is 7.21. The topological polar surface area (TPSA) is 26.8 Å². The Morgan fingerprint density at radius 2 is 1.38 bits per heavy atom. The molecule has 2 aliphatic rings. The van der Waals surface area contributed by atoms with Crippen molar-refractivity contribution in [2.75, 3.05) is 31.1 Å². The van der Waals surface area contributed by atoms with Crippen LogP contribution in [-0.2, 0) is 6.54 Å². The fourth-order valence-electron chi connectivity index (χ4n) is 5.01. The van der Waals surface area contributed by atoms with Crippen LogP contribution >= 0.6 is 0 Å². The summed E-state index contributed by atoms with van der Waals surface area (Å²) in [6, 6.07) is 21.5. The van der Waals surface area contributed by atoms with Crippen molar-refractivity contribution in [3.05, 3.63) is 71.8 Å². The Morgan fingerprint density at radius 3 is 2.12 bits per heavy atom. The molecule has 0 radical (unpaired) electrons. The lowest BCUT2D eigenvalue weighted by atomic mass is 10.0. The van der Waals surface area contributed by atoms with Crippen LogP contribution in [0.25, 0.3) is 10.8 Å². The number of carbonyl (C=O) groups excluding carboxylic acids is 1. The minimum absolute atomic E-state index is 0.0820. The van der Waals surface area contributed by atoms with Gasteiger partial charge in [0.15, 0.2) is 0 Å². The van der Waals surface area contributed by atoms with Crippen molar-refractivity contribution >= 4 is 28.2 Å². The molecule has 3 aromatic carbocycles. The molecule has 166 valence electrons. The van der Waals surface area contributed by atoms with Crippen LogP contribution in [0.3, 0.4) is 0 Å². The van der Waals surface area contributed by atoms with E-state index in [9.17, 15) is 4.79 Å². The van der Waals surface area contributed by atoms with Crippen LogP contribution < -0.4 is 4.90 Å². The molecule has 32 heavy (non-hydrogen) atoms. The van der Waals surface area contributed by atoms with Gasteiger partial charge in [-0.3, -0.25) is 9.80 Å². The summed E-state index contributed by atoms with van der Waals surface area (Å²) >= 11 is 0. The van der Waals surface area contributed by atoms with Crippen molar-refractivity contribution in [3.8, 4) is 0 Å². The first-order valence-electron chi connectivity index (χ1n) is 12.1. The van der Waals surface area contributed by atoms with Gasteiger partial charge in [-0.25, -0.2) is 4.79 Å². The molecule has 0 unspecified atom stereocenters. The Balaban J connectivity index is 1.47. The predicted octanol–water partition coefficient (Wildman–Crippen LogP) is 6.49. The van der Waals surface area contributed by atoms with Gasteiger partial charge in [-0.15, -0.1) is 0 Å². The Labute approximate surface area is 191 Å². The van der Waals surface area contributed by atoms with E-state index in [-0.39, 0.29) is 6.03 Å². The van der Waals surface area contributed by atoms with Crippen LogP contribution in [0.15, 0.2) is 60.7 Å². The summed E-state index contributed by atoms with van der Waals surface area (Å²) in [4.78, 5) is 20.0. The van der Waals surface area contributed by atoms with Gasteiger partial charge in [0.2, 0.25) is 0 Å². The van der Waals surface area contributed by atoms with Crippen LogP contribution in [0.2, 0.25) is 0 Å². The molecule has 0 saturated carbocycles. The number of aryl methyl sites for hydroxylation is 1. The summed E-state index contributed by atoms with van der Waals surface area (Å²) in [6.07, 6.45) is 6.02. The van der Waals surface area contributed by atoms with Gasteiger partial charge < -0.3 is 4.90 Å². The number of fused-ring (bicyclic) bond motifs is 1. The molecule has 0 atom stereocenters. The van der Waals surface area contributed by atoms with E-state index in [1.807, 2.05) is 9.80 Å². The molecule has 0 aromatic heterocycles. The smallest absolute Gasteiger partial charge is 0.324 e. The van der Waals surface area contributed by atoms with Crippen molar-refractivity contribution in [2.24, 2.45) is 0 Å². The summed E-state index contributed by atoms with van der Waals surface area (Å²) in [5, 5.41) is 2.41. The monoisotopic (exact) mass is 427 g/mol. The van der Waals surface area contributed by atoms with E-state index in [2.05, 4.69) is 72.5 Å². The predicted molar refractivity (Wildman–Crippen MR) is 133 cm³/mol. The molecule has 5 rings (SSSR count). The number of urea groups is 1. The molecule has 2 saturated heterocycles. The molecule has 2 amide bonds. The summed E-state index contributed by atoms with van der Waals surface area (Å²) in [5.74, 6) is 0. The number of hydrogen-bond acceptors (Lipinski definition) is 2. The molecule has 0 N–H and O–H groups in total. The van der Waals surface area contributed by atoms with Crippen molar-refractivity contribution < 1.29 is 4.79 Å². The highest BCUT2D eigenvalue weighted by Crippen LogP contribution is 2.31. The molecule has 2 aliphatic heterocycles. The second-order valence-electron chi connectivity index (χ2n) is 9.35. The Hall–Kier alpha value is -2.85. The zero-order valence-electron chi connectivity index (χ0n) is 19.1. The van der Waals surface area contributed by atoms with Gasteiger partial charge in [-0.05, 0) is 98.8 Å². The third-order valence-corrected chi connectivity index (χ3v) is 6.86. The standard InChI is InChI=1S/C28H33N3O/c1-22-7-12-26(13-8-22)31(28(32)30-17-3-2-4-18-30)27-14-11-24-19-23(9-10-25(24)20-27)21-29-15-5-6-16-29/h7-14,19-20H,2-6,15-18,21H2,1H3. The first kappa shape index (κ1) is 21.0. The van der Waals surface area contributed by atoms with Gasteiger partial charge in [0.25, 0.3) is 0 Å². The number of anilines is 2. The van der Waals surface area contributed by atoms with E-state index in [0.29, 0.717) is 0 Å². The van der Waals surface area contributed by atoms with Gasteiger partial charge in [-0.1, -0.05) is 35.9 Å². The fraction of sp³-hybridized carbons (Fsp3) is 0.393. The first-order valence-corrected chi connectivity index (χ1v) is 12.1. The Morgan fingerprint density at radius 1 is 0.750 bits per heavy atom. The number of likely N-dealkylation sites (tertiary alicyclic amines) is 2. The zero-order valence-corrected chi connectivity index (χ0v) is 19.1. The van der Waals surface area contributed by atoms with E-state index in [1.165, 1.54) is 54.3 Å². The number of nitrogens with zero attached hydrogens (tertiary/aromatic N) is 3.